The van der Waals surface area contributed by atoms with Gasteiger partial charge >= 0.3 is 0 Å². The Kier molecular flexibility index (Phi) is 5.30. The zero-order valence-corrected chi connectivity index (χ0v) is 11.2. The van der Waals surface area contributed by atoms with Crippen molar-refractivity contribution in [3.63, 3.8) is 0 Å². The molecule has 1 aromatic rings. The number of hydrogen-bond acceptors (Lipinski definition) is 3. The molecule has 0 heterocycles. The third-order valence-electron chi connectivity index (χ3n) is 1.84. The van der Waals surface area contributed by atoms with Gasteiger partial charge in [-0.1, -0.05) is 55.6 Å². The van der Waals surface area contributed by atoms with E-state index in [0.717, 1.165) is 22.3 Å². The SMILES string of the molecule is Cc1cc(C#CS)c(C#CS)c(C#CS)c1. The molecule has 0 N–H and O–H groups in total. The Morgan fingerprint density at radius 1 is 0.812 bits per heavy atom. The van der Waals surface area contributed by atoms with Crippen LogP contribution in [0, 0.1) is 40.4 Å². The van der Waals surface area contributed by atoms with Crippen molar-refractivity contribution in [3.8, 4) is 33.5 Å². The Balaban J connectivity index is 3.59. The number of aryl methyl sites for hydroxylation is 1. The summed E-state index contributed by atoms with van der Waals surface area (Å²) in [6, 6.07) is 3.89. The molecule has 1 aromatic carbocycles. The molecular formula is C13H8S3. The predicted octanol–water partition coefficient (Wildman–Crippen LogP) is 2.71. The molecule has 0 fully saturated rings. The molecule has 0 radical (unpaired) electrons. The second kappa shape index (κ2) is 6.51. The van der Waals surface area contributed by atoms with E-state index in [1.54, 1.807) is 0 Å². The Bertz CT molecular complexity index is 540. The van der Waals surface area contributed by atoms with E-state index in [4.69, 9.17) is 0 Å². The molecule has 16 heavy (non-hydrogen) atoms. The first-order valence-corrected chi connectivity index (χ1v) is 5.67. The van der Waals surface area contributed by atoms with E-state index in [9.17, 15) is 0 Å². The molecule has 0 unspecified atom stereocenters. The van der Waals surface area contributed by atoms with Crippen molar-refractivity contribution in [2.45, 2.75) is 6.92 Å². The molecule has 0 aromatic heterocycles. The maximum Gasteiger partial charge on any atom is 0.0568 e. The summed E-state index contributed by atoms with van der Waals surface area (Å²) in [7, 11) is 0. The quantitative estimate of drug-likeness (QED) is 0.464. The van der Waals surface area contributed by atoms with Crippen molar-refractivity contribution in [2.75, 3.05) is 0 Å². The lowest BCUT2D eigenvalue weighted by Gasteiger charge is -2.03. The van der Waals surface area contributed by atoms with Gasteiger partial charge in [0.05, 0.1) is 5.56 Å². The summed E-state index contributed by atoms with van der Waals surface area (Å²) in [6.07, 6.45) is 0. The minimum Gasteiger partial charge on any atom is -0.0918 e. The van der Waals surface area contributed by atoms with Gasteiger partial charge in [0.1, 0.15) is 0 Å². The van der Waals surface area contributed by atoms with Crippen molar-refractivity contribution < 1.29 is 0 Å². The Morgan fingerprint density at radius 3 is 1.62 bits per heavy atom. The molecule has 0 spiro atoms. The van der Waals surface area contributed by atoms with Crippen LogP contribution in [-0.4, -0.2) is 0 Å². The largest absolute Gasteiger partial charge is 0.0918 e. The third kappa shape index (κ3) is 3.22. The average molecular weight is 260 g/mol. The van der Waals surface area contributed by atoms with Crippen molar-refractivity contribution in [3.05, 3.63) is 34.4 Å². The molecule has 0 nitrogen and oxygen atoms in total. The highest BCUT2D eigenvalue weighted by Gasteiger charge is 2.04. The monoisotopic (exact) mass is 260 g/mol. The van der Waals surface area contributed by atoms with Gasteiger partial charge in [-0.15, -0.1) is 0 Å². The van der Waals surface area contributed by atoms with Crippen LogP contribution < -0.4 is 0 Å². The van der Waals surface area contributed by atoms with Crippen LogP contribution in [0.2, 0.25) is 0 Å². The van der Waals surface area contributed by atoms with E-state index in [1.807, 2.05) is 19.1 Å². The highest BCUT2D eigenvalue weighted by atomic mass is 32.1. The molecule has 0 bridgehead atoms. The van der Waals surface area contributed by atoms with Crippen molar-refractivity contribution in [1.82, 2.24) is 0 Å². The number of hydrogen-bond donors (Lipinski definition) is 3. The van der Waals surface area contributed by atoms with Crippen LogP contribution in [0.25, 0.3) is 0 Å². The summed E-state index contributed by atoms with van der Waals surface area (Å²) in [5.74, 6) is 8.65. The van der Waals surface area contributed by atoms with Crippen molar-refractivity contribution >= 4 is 37.9 Å². The summed E-state index contributed by atoms with van der Waals surface area (Å²) in [5.41, 5.74) is 3.45. The first-order valence-electron chi connectivity index (χ1n) is 4.33. The molecule has 78 valence electrons. The van der Waals surface area contributed by atoms with Crippen molar-refractivity contribution in [2.24, 2.45) is 0 Å². The maximum absolute atomic E-state index is 3.89. The summed E-state index contributed by atoms with van der Waals surface area (Å²) in [5, 5.41) is 7.69. The van der Waals surface area contributed by atoms with Gasteiger partial charge in [-0.05, 0) is 40.4 Å². The van der Waals surface area contributed by atoms with Crippen LogP contribution in [0.5, 0.6) is 0 Å². The fourth-order valence-electron chi connectivity index (χ4n) is 1.29. The lowest BCUT2D eigenvalue weighted by atomic mass is 9.99. The summed E-state index contributed by atoms with van der Waals surface area (Å²) >= 11 is 11.7. The fraction of sp³-hybridized carbons (Fsp3) is 0.0769. The van der Waals surface area contributed by atoms with Gasteiger partial charge < -0.3 is 0 Å². The van der Waals surface area contributed by atoms with E-state index in [0.29, 0.717) is 0 Å². The van der Waals surface area contributed by atoms with Crippen molar-refractivity contribution in [1.29, 1.82) is 0 Å². The van der Waals surface area contributed by atoms with Crippen LogP contribution in [0.1, 0.15) is 22.3 Å². The summed E-state index contributed by atoms with van der Waals surface area (Å²) < 4.78 is 0. The predicted molar refractivity (Wildman–Crippen MR) is 78.8 cm³/mol. The Hall–Kier alpha value is -1.05. The summed E-state index contributed by atoms with van der Waals surface area (Å²) in [4.78, 5) is 0. The second-order valence-corrected chi connectivity index (χ2v) is 3.62. The maximum atomic E-state index is 3.89. The Labute approximate surface area is 112 Å². The fourth-order valence-corrected chi connectivity index (χ4v) is 1.65. The topological polar surface area (TPSA) is 0 Å². The van der Waals surface area contributed by atoms with Crippen LogP contribution in [0.15, 0.2) is 12.1 Å². The third-order valence-corrected chi connectivity index (χ3v) is 2.18. The number of benzene rings is 1. The van der Waals surface area contributed by atoms with Crippen LogP contribution in [0.3, 0.4) is 0 Å². The standard InChI is InChI=1S/C13H8S3/c1-10-8-11(2-5-14)13(4-7-16)12(9-10)3-6-15/h8-9,14-16H,1H3. The molecule has 0 aliphatic carbocycles. The van der Waals surface area contributed by atoms with Crippen LogP contribution >= 0.6 is 37.9 Å². The van der Waals surface area contributed by atoms with Gasteiger partial charge in [0.25, 0.3) is 0 Å². The minimum atomic E-state index is 0.767. The zero-order chi connectivity index (χ0) is 12.0. The zero-order valence-electron chi connectivity index (χ0n) is 8.50. The van der Waals surface area contributed by atoms with Gasteiger partial charge in [-0.25, -0.2) is 0 Å². The van der Waals surface area contributed by atoms with Crippen LogP contribution in [0.4, 0.5) is 0 Å². The van der Waals surface area contributed by atoms with Gasteiger partial charge in [0.15, 0.2) is 0 Å². The average Bonchev–Trinajstić information content (AvgIpc) is 2.24. The van der Waals surface area contributed by atoms with E-state index in [2.05, 4.69) is 71.4 Å². The number of thiol groups is 3. The van der Waals surface area contributed by atoms with Gasteiger partial charge in [-0.2, -0.15) is 0 Å². The molecule has 0 saturated heterocycles. The second-order valence-electron chi connectivity index (χ2n) is 2.95. The highest BCUT2D eigenvalue weighted by molar-refractivity contribution is 7.85. The number of rotatable bonds is 0. The van der Waals surface area contributed by atoms with E-state index < -0.39 is 0 Å². The molecule has 0 saturated carbocycles. The molecular weight excluding hydrogens is 252 g/mol. The first kappa shape index (κ1) is 13.0. The van der Waals surface area contributed by atoms with Gasteiger partial charge in [0, 0.05) is 11.1 Å². The minimum absolute atomic E-state index is 0.767. The molecule has 0 atom stereocenters. The first-order chi connectivity index (χ1) is 7.72. The van der Waals surface area contributed by atoms with Gasteiger partial charge in [-0.3, -0.25) is 0 Å². The normalized spacial score (nSPS) is 7.75. The lowest BCUT2D eigenvalue weighted by molar-refractivity contribution is 1.42. The van der Waals surface area contributed by atoms with E-state index >= 15 is 0 Å². The summed E-state index contributed by atoms with van der Waals surface area (Å²) in [6.45, 7) is 1.98. The van der Waals surface area contributed by atoms with Crippen LogP contribution in [-0.2, 0) is 0 Å². The lowest BCUT2D eigenvalue weighted by Crippen LogP contribution is -1.91. The highest BCUT2D eigenvalue weighted by Crippen LogP contribution is 2.16. The molecule has 0 aliphatic rings. The van der Waals surface area contributed by atoms with E-state index in [1.165, 1.54) is 0 Å². The molecule has 1 rings (SSSR count). The molecule has 0 aliphatic heterocycles. The van der Waals surface area contributed by atoms with E-state index in [-0.39, 0.29) is 0 Å². The molecule has 3 heteroatoms. The smallest absolute Gasteiger partial charge is 0.0568 e. The molecule has 0 amide bonds. The Morgan fingerprint density at radius 2 is 1.25 bits per heavy atom. The van der Waals surface area contributed by atoms with Gasteiger partial charge in [0.2, 0.25) is 0 Å².